The summed E-state index contributed by atoms with van der Waals surface area (Å²) < 4.78 is 5.14. The largest absolute Gasteiger partial charge is 0.497 e. The van der Waals surface area contributed by atoms with Gasteiger partial charge in [-0.1, -0.05) is 29.8 Å². The number of hydrogen-bond acceptors (Lipinski definition) is 3. The summed E-state index contributed by atoms with van der Waals surface area (Å²) in [6, 6.07) is 13.6. The zero-order chi connectivity index (χ0) is 13.8. The van der Waals surface area contributed by atoms with Gasteiger partial charge in [-0.05, 0) is 41.6 Å². The van der Waals surface area contributed by atoms with E-state index < -0.39 is 0 Å². The molecule has 0 spiro atoms. The summed E-state index contributed by atoms with van der Waals surface area (Å²) in [7, 11) is 1.62. The molecular weight excluding hydrogens is 278 g/mol. The van der Waals surface area contributed by atoms with E-state index in [0.29, 0.717) is 5.02 Å². The number of hydrogen-bond donors (Lipinski definition) is 1. The van der Waals surface area contributed by atoms with E-state index in [-0.39, 0.29) is 6.04 Å². The maximum absolute atomic E-state index is 6.27. The summed E-state index contributed by atoms with van der Waals surface area (Å²) in [6.07, 6.45) is 2.05. The molecule has 0 saturated heterocycles. The van der Waals surface area contributed by atoms with Gasteiger partial charge in [0.25, 0.3) is 0 Å². The van der Waals surface area contributed by atoms with E-state index in [2.05, 4.69) is 18.4 Å². The lowest BCUT2D eigenvalue weighted by Crippen LogP contribution is -2.12. The lowest BCUT2D eigenvalue weighted by molar-refractivity contribution is 0.414. The van der Waals surface area contributed by atoms with Gasteiger partial charge in [-0.3, -0.25) is 0 Å². The van der Waals surface area contributed by atoms with E-state index in [1.54, 1.807) is 24.9 Å². The minimum Gasteiger partial charge on any atom is -0.497 e. The molecule has 4 heteroatoms. The minimum absolute atomic E-state index is 0.227. The van der Waals surface area contributed by atoms with Crippen molar-refractivity contribution >= 4 is 23.4 Å². The number of thioether (sulfide) groups is 1. The van der Waals surface area contributed by atoms with Crippen molar-refractivity contribution < 1.29 is 4.74 Å². The summed E-state index contributed by atoms with van der Waals surface area (Å²) in [6.45, 7) is 0. The van der Waals surface area contributed by atoms with Crippen LogP contribution < -0.4 is 10.5 Å². The second-order valence-electron chi connectivity index (χ2n) is 4.14. The van der Waals surface area contributed by atoms with Gasteiger partial charge in [0, 0.05) is 9.92 Å². The molecule has 0 saturated carbocycles. The quantitative estimate of drug-likeness (QED) is 0.861. The average Bonchev–Trinajstić information content (AvgIpc) is 2.46. The summed E-state index contributed by atoms with van der Waals surface area (Å²) in [4.78, 5) is 1.22. The fourth-order valence-electron chi connectivity index (χ4n) is 1.88. The number of ether oxygens (including phenoxy) is 1. The summed E-state index contributed by atoms with van der Waals surface area (Å²) in [5.41, 5.74) is 8.22. The molecule has 2 nitrogen and oxygen atoms in total. The van der Waals surface area contributed by atoms with Crippen LogP contribution >= 0.6 is 23.4 Å². The van der Waals surface area contributed by atoms with E-state index in [4.69, 9.17) is 22.1 Å². The highest BCUT2D eigenvalue weighted by Crippen LogP contribution is 2.30. The SMILES string of the molecule is COc1ccc(C(N)c2ccc(SC)cc2)c(Cl)c1. The van der Waals surface area contributed by atoms with E-state index in [9.17, 15) is 0 Å². The Morgan fingerprint density at radius 2 is 1.84 bits per heavy atom. The number of rotatable bonds is 4. The zero-order valence-electron chi connectivity index (χ0n) is 10.9. The average molecular weight is 294 g/mol. The Labute approximate surface area is 122 Å². The number of nitrogens with two attached hydrogens (primary N) is 1. The molecule has 0 aromatic heterocycles. The van der Waals surface area contributed by atoms with E-state index >= 15 is 0 Å². The lowest BCUT2D eigenvalue weighted by atomic mass is 9.99. The molecule has 2 rings (SSSR count). The predicted octanol–water partition coefficient (Wildman–Crippen LogP) is 4.12. The van der Waals surface area contributed by atoms with Gasteiger partial charge in [0.2, 0.25) is 0 Å². The first-order valence-corrected chi connectivity index (χ1v) is 7.49. The molecule has 19 heavy (non-hydrogen) atoms. The molecule has 0 aliphatic heterocycles. The van der Waals surface area contributed by atoms with E-state index in [1.807, 2.05) is 24.3 Å². The first-order chi connectivity index (χ1) is 9.15. The summed E-state index contributed by atoms with van der Waals surface area (Å²) in [5.74, 6) is 0.735. The van der Waals surface area contributed by atoms with Crippen LogP contribution in [0.4, 0.5) is 0 Å². The molecule has 2 aromatic carbocycles. The molecule has 1 unspecified atom stereocenters. The minimum atomic E-state index is -0.227. The Morgan fingerprint density at radius 1 is 1.16 bits per heavy atom. The van der Waals surface area contributed by atoms with Crippen molar-refractivity contribution in [3.05, 3.63) is 58.6 Å². The third-order valence-electron chi connectivity index (χ3n) is 3.02. The number of methoxy groups -OCH3 is 1. The van der Waals surface area contributed by atoms with Crippen molar-refractivity contribution in [3.63, 3.8) is 0 Å². The van der Waals surface area contributed by atoms with Crippen LogP contribution in [0.15, 0.2) is 47.4 Å². The molecule has 0 amide bonds. The maximum Gasteiger partial charge on any atom is 0.120 e. The smallest absolute Gasteiger partial charge is 0.120 e. The zero-order valence-corrected chi connectivity index (χ0v) is 12.5. The van der Waals surface area contributed by atoms with E-state index in [0.717, 1.165) is 16.9 Å². The van der Waals surface area contributed by atoms with Gasteiger partial charge in [-0.25, -0.2) is 0 Å². The first kappa shape index (κ1) is 14.3. The molecule has 0 fully saturated rings. The van der Waals surface area contributed by atoms with Crippen molar-refractivity contribution in [2.45, 2.75) is 10.9 Å². The van der Waals surface area contributed by atoms with Crippen LogP contribution in [0.1, 0.15) is 17.2 Å². The molecule has 2 aromatic rings. The fraction of sp³-hybridized carbons (Fsp3) is 0.200. The Kier molecular flexibility index (Phi) is 4.75. The fourth-order valence-corrected chi connectivity index (χ4v) is 2.57. The van der Waals surface area contributed by atoms with Crippen LogP contribution in [-0.4, -0.2) is 13.4 Å². The number of benzene rings is 2. The van der Waals surface area contributed by atoms with Gasteiger partial charge in [-0.2, -0.15) is 0 Å². The van der Waals surface area contributed by atoms with Gasteiger partial charge in [-0.15, -0.1) is 11.8 Å². The molecule has 1 atom stereocenters. The topological polar surface area (TPSA) is 35.2 Å². The molecule has 0 radical (unpaired) electrons. The van der Waals surface area contributed by atoms with Gasteiger partial charge in [0.15, 0.2) is 0 Å². The maximum atomic E-state index is 6.27. The van der Waals surface area contributed by atoms with Gasteiger partial charge in [0.05, 0.1) is 13.2 Å². The highest BCUT2D eigenvalue weighted by molar-refractivity contribution is 7.98. The highest BCUT2D eigenvalue weighted by Gasteiger charge is 2.13. The Hall–Kier alpha value is -1.16. The summed E-state index contributed by atoms with van der Waals surface area (Å²) in [5, 5.41) is 0.626. The van der Waals surface area contributed by atoms with Crippen LogP contribution in [0, 0.1) is 0 Å². The predicted molar refractivity (Wildman–Crippen MR) is 82.3 cm³/mol. The molecular formula is C15H16ClNOS. The third-order valence-corrected chi connectivity index (χ3v) is 4.09. The Bertz CT molecular complexity index is 557. The summed E-state index contributed by atoms with van der Waals surface area (Å²) >= 11 is 7.96. The second-order valence-corrected chi connectivity index (χ2v) is 5.43. The van der Waals surface area contributed by atoms with Crippen molar-refractivity contribution in [3.8, 4) is 5.75 Å². The van der Waals surface area contributed by atoms with Crippen LogP contribution in [0.5, 0.6) is 5.75 Å². The van der Waals surface area contributed by atoms with Crippen molar-refractivity contribution in [1.29, 1.82) is 0 Å². The Balaban J connectivity index is 2.29. The first-order valence-electron chi connectivity index (χ1n) is 5.88. The van der Waals surface area contributed by atoms with Crippen LogP contribution in [0.3, 0.4) is 0 Å². The van der Waals surface area contributed by atoms with Gasteiger partial charge >= 0.3 is 0 Å². The molecule has 0 bridgehead atoms. The molecule has 2 N–H and O–H groups in total. The van der Waals surface area contributed by atoms with E-state index in [1.165, 1.54) is 4.90 Å². The lowest BCUT2D eigenvalue weighted by Gasteiger charge is -2.15. The van der Waals surface area contributed by atoms with Crippen molar-refractivity contribution in [1.82, 2.24) is 0 Å². The molecule has 0 heterocycles. The molecule has 100 valence electrons. The van der Waals surface area contributed by atoms with Crippen LogP contribution in [-0.2, 0) is 0 Å². The normalized spacial score (nSPS) is 12.2. The highest BCUT2D eigenvalue weighted by atomic mass is 35.5. The molecule has 0 aliphatic rings. The third kappa shape index (κ3) is 3.24. The van der Waals surface area contributed by atoms with Crippen LogP contribution in [0.25, 0.3) is 0 Å². The second kappa shape index (κ2) is 6.33. The standard InChI is InChI=1S/C15H16ClNOS/c1-18-11-5-8-13(14(16)9-11)15(17)10-3-6-12(19-2)7-4-10/h3-9,15H,17H2,1-2H3. The monoisotopic (exact) mass is 293 g/mol. The van der Waals surface area contributed by atoms with Gasteiger partial charge < -0.3 is 10.5 Å². The van der Waals surface area contributed by atoms with Crippen molar-refractivity contribution in [2.24, 2.45) is 5.73 Å². The number of halogens is 1. The van der Waals surface area contributed by atoms with Crippen LogP contribution in [0.2, 0.25) is 5.02 Å². The Morgan fingerprint density at radius 3 is 2.37 bits per heavy atom. The van der Waals surface area contributed by atoms with Gasteiger partial charge in [0.1, 0.15) is 5.75 Å². The molecule has 0 aliphatic carbocycles. The van der Waals surface area contributed by atoms with Crippen molar-refractivity contribution in [2.75, 3.05) is 13.4 Å².